The number of sulfonamides is 1. The molecule has 0 heterocycles. The van der Waals surface area contributed by atoms with Crippen molar-refractivity contribution in [2.75, 3.05) is 13.6 Å². The van der Waals surface area contributed by atoms with Gasteiger partial charge < -0.3 is 5.11 Å². The molecule has 10 heteroatoms. The number of rotatable bonds is 4. The predicted octanol–water partition coefficient (Wildman–Crippen LogP) is 2.15. The van der Waals surface area contributed by atoms with Crippen LogP contribution in [0.3, 0.4) is 0 Å². The number of aliphatic hydroxyl groups is 1. The minimum Gasteiger partial charge on any atom is -0.392 e. The molecule has 0 atom stereocenters. The van der Waals surface area contributed by atoms with Gasteiger partial charge in [-0.25, -0.2) is 12.8 Å². The lowest BCUT2D eigenvalue weighted by atomic mass is 10.2. The van der Waals surface area contributed by atoms with Crippen LogP contribution in [0.1, 0.15) is 5.56 Å². The van der Waals surface area contributed by atoms with Gasteiger partial charge in [0.2, 0.25) is 10.0 Å². The molecule has 0 aliphatic carbocycles. The van der Waals surface area contributed by atoms with E-state index in [1.165, 1.54) is 0 Å². The van der Waals surface area contributed by atoms with Gasteiger partial charge in [-0.3, -0.25) is 0 Å². The largest absolute Gasteiger partial charge is 0.402 e. The van der Waals surface area contributed by atoms with Gasteiger partial charge in [0, 0.05) is 12.6 Å². The van der Waals surface area contributed by atoms with Crippen LogP contribution in [0.5, 0.6) is 0 Å². The van der Waals surface area contributed by atoms with E-state index < -0.39 is 45.1 Å². The number of aliphatic hydroxyl groups excluding tert-OH is 1. The molecule has 114 valence electrons. The molecule has 1 N–H and O–H groups in total. The van der Waals surface area contributed by atoms with Crippen molar-refractivity contribution < 1.29 is 31.1 Å². The van der Waals surface area contributed by atoms with Crippen LogP contribution in [-0.2, 0) is 16.6 Å². The van der Waals surface area contributed by atoms with E-state index in [4.69, 9.17) is 16.7 Å². The minimum atomic E-state index is -4.73. The summed E-state index contributed by atoms with van der Waals surface area (Å²) in [6, 6.07) is 1.33. The Morgan fingerprint density at radius 2 is 1.90 bits per heavy atom. The Hall–Kier alpha value is -0.900. The molecule has 0 bridgehead atoms. The molecular weight excluding hydrogens is 326 g/mol. The summed E-state index contributed by atoms with van der Waals surface area (Å²) in [5, 5.41) is 8.44. The van der Waals surface area contributed by atoms with Crippen LogP contribution in [0.2, 0.25) is 5.02 Å². The van der Waals surface area contributed by atoms with Crippen molar-refractivity contribution in [2.24, 2.45) is 0 Å². The van der Waals surface area contributed by atoms with E-state index in [-0.39, 0.29) is 9.87 Å². The van der Waals surface area contributed by atoms with Crippen molar-refractivity contribution in [1.29, 1.82) is 0 Å². The van der Waals surface area contributed by atoms with Gasteiger partial charge in [0.15, 0.2) is 0 Å². The maximum Gasteiger partial charge on any atom is 0.402 e. The van der Waals surface area contributed by atoms with E-state index in [1.807, 2.05) is 0 Å². The second kappa shape index (κ2) is 5.84. The summed E-state index contributed by atoms with van der Waals surface area (Å²) in [5.41, 5.74) is -0.231. The van der Waals surface area contributed by atoms with Gasteiger partial charge in [-0.2, -0.15) is 17.5 Å². The minimum absolute atomic E-state index is 0.0385. The molecule has 0 aromatic heterocycles. The van der Waals surface area contributed by atoms with Crippen LogP contribution >= 0.6 is 11.6 Å². The molecule has 0 saturated carbocycles. The molecule has 0 aliphatic heterocycles. The monoisotopic (exact) mass is 335 g/mol. The van der Waals surface area contributed by atoms with Crippen molar-refractivity contribution in [2.45, 2.75) is 17.7 Å². The summed E-state index contributed by atoms with van der Waals surface area (Å²) in [4.78, 5) is -0.713. The van der Waals surface area contributed by atoms with Gasteiger partial charge in [-0.15, -0.1) is 0 Å². The third-order valence-electron chi connectivity index (χ3n) is 2.36. The molecule has 0 saturated heterocycles. The van der Waals surface area contributed by atoms with Crippen molar-refractivity contribution in [3.8, 4) is 0 Å². The number of hydrogen-bond acceptors (Lipinski definition) is 3. The van der Waals surface area contributed by atoms with Crippen molar-refractivity contribution >= 4 is 21.6 Å². The Morgan fingerprint density at radius 1 is 1.35 bits per heavy atom. The van der Waals surface area contributed by atoms with Crippen LogP contribution < -0.4 is 0 Å². The van der Waals surface area contributed by atoms with Crippen LogP contribution in [0.25, 0.3) is 0 Å². The zero-order valence-corrected chi connectivity index (χ0v) is 11.7. The van der Waals surface area contributed by atoms with E-state index in [2.05, 4.69) is 0 Å². The van der Waals surface area contributed by atoms with Gasteiger partial charge in [-0.05, 0) is 12.1 Å². The quantitative estimate of drug-likeness (QED) is 0.858. The fourth-order valence-electron chi connectivity index (χ4n) is 1.40. The highest BCUT2D eigenvalue weighted by Crippen LogP contribution is 2.27. The first kappa shape index (κ1) is 17.2. The molecule has 0 aliphatic rings. The van der Waals surface area contributed by atoms with Crippen molar-refractivity contribution in [3.63, 3.8) is 0 Å². The number of nitrogens with zero attached hydrogens (tertiary/aromatic N) is 1. The van der Waals surface area contributed by atoms with E-state index in [0.29, 0.717) is 13.1 Å². The second-order valence-corrected chi connectivity index (χ2v) is 6.34. The SMILES string of the molecule is CN(CC(F)(F)F)S(=O)(=O)c1cc(F)c(Cl)c(CO)c1. The maximum atomic E-state index is 13.4. The molecule has 1 aromatic carbocycles. The van der Waals surface area contributed by atoms with Crippen LogP contribution in [0, 0.1) is 5.82 Å². The Labute approximate surface area is 117 Å². The molecule has 0 spiro atoms. The van der Waals surface area contributed by atoms with Crippen LogP contribution in [0.15, 0.2) is 17.0 Å². The van der Waals surface area contributed by atoms with Gasteiger partial charge in [-0.1, -0.05) is 11.6 Å². The summed E-state index contributed by atoms with van der Waals surface area (Å²) >= 11 is 5.48. The zero-order valence-electron chi connectivity index (χ0n) is 10.1. The summed E-state index contributed by atoms with van der Waals surface area (Å²) in [6.45, 7) is -2.46. The van der Waals surface area contributed by atoms with Crippen molar-refractivity contribution in [3.05, 3.63) is 28.5 Å². The van der Waals surface area contributed by atoms with E-state index in [0.717, 1.165) is 6.07 Å². The third-order valence-corrected chi connectivity index (χ3v) is 4.56. The van der Waals surface area contributed by atoms with E-state index in [1.54, 1.807) is 0 Å². The Morgan fingerprint density at radius 3 is 2.35 bits per heavy atom. The average molecular weight is 336 g/mol. The summed E-state index contributed by atoms with van der Waals surface area (Å²) < 4.78 is 73.8. The predicted molar refractivity (Wildman–Crippen MR) is 63.2 cm³/mol. The van der Waals surface area contributed by atoms with E-state index >= 15 is 0 Å². The Bertz CT molecular complexity index is 603. The fraction of sp³-hybridized carbons (Fsp3) is 0.400. The molecule has 0 unspecified atom stereocenters. The number of alkyl halides is 3. The lowest BCUT2D eigenvalue weighted by molar-refractivity contribution is -0.134. The molecule has 4 nitrogen and oxygen atoms in total. The van der Waals surface area contributed by atoms with Crippen LogP contribution in [-0.4, -0.2) is 37.6 Å². The highest BCUT2D eigenvalue weighted by atomic mass is 35.5. The summed E-state index contributed by atoms with van der Waals surface area (Å²) in [7, 11) is -3.82. The topological polar surface area (TPSA) is 57.6 Å². The molecule has 1 aromatic rings. The van der Waals surface area contributed by atoms with Gasteiger partial charge in [0.05, 0.1) is 16.5 Å². The average Bonchev–Trinajstić information content (AvgIpc) is 2.30. The molecular formula is C10H10ClF4NO3S. The maximum absolute atomic E-state index is 13.4. The summed E-state index contributed by atoms with van der Waals surface area (Å²) in [5.74, 6) is -1.14. The number of hydrogen-bond donors (Lipinski definition) is 1. The molecule has 0 fully saturated rings. The van der Waals surface area contributed by atoms with Crippen molar-refractivity contribution in [1.82, 2.24) is 4.31 Å². The summed E-state index contributed by atoms with van der Waals surface area (Å²) in [6.07, 6.45) is -4.73. The normalized spacial score (nSPS) is 13.0. The highest BCUT2D eigenvalue weighted by molar-refractivity contribution is 7.89. The molecule has 1 rings (SSSR count). The lowest BCUT2D eigenvalue weighted by Gasteiger charge is -2.19. The van der Waals surface area contributed by atoms with E-state index in [9.17, 15) is 26.0 Å². The second-order valence-electron chi connectivity index (χ2n) is 3.91. The first-order chi connectivity index (χ1) is 8.99. The van der Waals surface area contributed by atoms with Gasteiger partial charge >= 0.3 is 6.18 Å². The van der Waals surface area contributed by atoms with Gasteiger partial charge in [0.25, 0.3) is 0 Å². The number of benzene rings is 1. The highest BCUT2D eigenvalue weighted by Gasteiger charge is 2.35. The van der Waals surface area contributed by atoms with Gasteiger partial charge in [0.1, 0.15) is 12.4 Å². The fourth-order valence-corrected chi connectivity index (χ4v) is 2.79. The Balaban J connectivity index is 3.26. The first-order valence-corrected chi connectivity index (χ1v) is 6.92. The smallest absolute Gasteiger partial charge is 0.392 e. The third kappa shape index (κ3) is 3.81. The Kier molecular flexibility index (Phi) is 5.01. The molecule has 20 heavy (non-hydrogen) atoms. The standard InChI is InChI=1S/C10H10ClF4NO3S/c1-16(5-10(13,14)15)20(18,19)7-2-6(4-17)9(11)8(12)3-7/h2-3,17H,4-5H2,1H3. The number of halogens is 5. The first-order valence-electron chi connectivity index (χ1n) is 5.11. The molecule has 0 radical (unpaired) electrons. The lowest BCUT2D eigenvalue weighted by Crippen LogP contribution is -2.35. The van der Waals surface area contributed by atoms with Crippen LogP contribution in [0.4, 0.5) is 17.6 Å². The molecule has 0 amide bonds. The zero-order chi connectivity index (χ0) is 15.7.